The van der Waals surface area contributed by atoms with Crippen molar-refractivity contribution in [3.8, 4) is 11.3 Å². The molecule has 5 nitrogen and oxygen atoms in total. The Labute approximate surface area is 195 Å². The summed E-state index contributed by atoms with van der Waals surface area (Å²) in [5.74, 6) is -1.22. The van der Waals surface area contributed by atoms with Crippen molar-refractivity contribution in [2.45, 2.75) is 30.2 Å². The molecule has 1 saturated heterocycles. The average Bonchev–Trinajstić information content (AvgIpc) is 2.83. The summed E-state index contributed by atoms with van der Waals surface area (Å²) in [6, 6.07) is 10.6. The molecule has 3 aromatic rings. The first kappa shape index (κ1) is 21.8. The van der Waals surface area contributed by atoms with Gasteiger partial charge in [0.2, 0.25) is 0 Å². The number of benzene rings is 1. The van der Waals surface area contributed by atoms with Crippen LogP contribution in [0, 0.1) is 17.0 Å². The van der Waals surface area contributed by atoms with Crippen LogP contribution in [0.1, 0.15) is 36.7 Å². The number of fused-ring (bicyclic) bond motifs is 5. The predicted octanol–water partition coefficient (Wildman–Crippen LogP) is 0.732. The van der Waals surface area contributed by atoms with Crippen LogP contribution in [0.2, 0.25) is 0 Å². The van der Waals surface area contributed by atoms with E-state index in [9.17, 15) is 17.2 Å². The quantitative estimate of drug-likeness (QED) is 0.345. The number of rotatable bonds is 3. The summed E-state index contributed by atoms with van der Waals surface area (Å²) in [7, 11) is -3.47. The summed E-state index contributed by atoms with van der Waals surface area (Å²) < 4.78 is 55.1. The average molecular weight is 568 g/mol. The molecule has 3 heterocycles. The standard InChI is InChI=1S/C23H21F2IN3O2S/c1-22(2)14-11-26-12-23(22,18-8-5-9-19(27-18)32(3,30)31)21-13(14)10-17(28-29-21)20-15(24)6-4-7-16(20)25/h4-10,14H,11-12H2,1-3H3/q-1/t14-,23-/m0/s1. The minimum absolute atomic E-state index is 0.0342. The Hall–Kier alpha value is -2.01. The van der Waals surface area contributed by atoms with E-state index in [1.165, 1.54) is 24.3 Å². The Morgan fingerprint density at radius 2 is 1.75 bits per heavy atom. The second-order valence-corrected chi connectivity index (χ2v) is 13.6. The van der Waals surface area contributed by atoms with Crippen molar-refractivity contribution in [3.05, 3.63) is 71.1 Å². The van der Waals surface area contributed by atoms with Crippen molar-refractivity contribution in [1.82, 2.24) is 15.2 Å². The summed E-state index contributed by atoms with van der Waals surface area (Å²) in [5, 5.41) is 8.82. The molecule has 1 aromatic carbocycles. The Balaban J connectivity index is 1.76. The summed E-state index contributed by atoms with van der Waals surface area (Å²) in [5.41, 5.74) is 1.47. The van der Waals surface area contributed by atoms with E-state index in [2.05, 4.69) is 29.0 Å². The molecular formula is C23H21F2IN3O2S-. The molecule has 1 aliphatic carbocycles. The van der Waals surface area contributed by atoms with E-state index < -0.39 is 26.9 Å². The topological polar surface area (TPSA) is 72.8 Å². The number of halogens is 3. The third-order valence-corrected chi connectivity index (χ3v) is 11.1. The van der Waals surface area contributed by atoms with Gasteiger partial charge in [0.1, 0.15) is 0 Å². The van der Waals surface area contributed by atoms with Crippen LogP contribution in [0.4, 0.5) is 8.78 Å². The van der Waals surface area contributed by atoms with Crippen LogP contribution >= 0.6 is 0 Å². The Morgan fingerprint density at radius 1 is 1.06 bits per heavy atom. The summed E-state index contributed by atoms with van der Waals surface area (Å²) >= 11 is -0.208. The Kier molecular flexibility index (Phi) is 4.94. The molecular weight excluding hydrogens is 547 g/mol. The molecule has 0 saturated carbocycles. The summed E-state index contributed by atoms with van der Waals surface area (Å²) in [6.07, 6.45) is 1.15. The van der Waals surface area contributed by atoms with Crippen LogP contribution in [-0.4, -0.2) is 38.7 Å². The van der Waals surface area contributed by atoms with Gasteiger partial charge in [0.15, 0.2) is 0 Å². The fourth-order valence-electron chi connectivity index (χ4n) is 5.06. The molecule has 2 atom stereocenters. The molecule has 0 unspecified atom stereocenters. The number of alkyl halides is 2. The van der Waals surface area contributed by atoms with Gasteiger partial charge in [-0.05, 0) is 0 Å². The molecule has 5 rings (SSSR count). The van der Waals surface area contributed by atoms with Crippen molar-refractivity contribution in [2.24, 2.45) is 5.41 Å². The van der Waals surface area contributed by atoms with Crippen LogP contribution in [0.3, 0.4) is 0 Å². The van der Waals surface area contributed by atoms with Crippen LogP contribution < -0.4 is 21.2 Å². The first-order valence-electron chi connectivity index (χ1n) is 10.1. The molecule has 0 amide bonds. The first-order chi connectivity index (χ1) is 15.1. The molecule has 0 spiro atoms. The monoisotopic (exact) mass is 568 g/mol. The van der Waals surface area contributed by atoms with E-state index in [1.54, 1.807) is 12.1 Å². The Morgan fingerprint density at radius 3 is 2.44 bits per heavy atom. The molecule has 1 aliphatic heterocycles. The number of pyridine rings is 1. The Bertz CT molecular complexity index is 1340. The van der Waals surface area contributed by atoms with Crippen LogP contribution in [-0.2, 0) is 15.3 Å². The number of nitrogens with zero attached hydrogens (tertiary/aromatic N) is 3. The SMILES string of the molecule is CC1(C)[C@H]2C[I-]C[C@]1(c1cccc(S(C)(=O)=O)n1)c1nnc(-c3c(F)cccc3F)cc12. The molecule has 9 heteroatoms. The van der Waals surface area contributed by atoms with E-state index in [-0.39, 0.29) is 48.8 Å². The fourth-order valence-corrected chi connectivity index (χ4v) is 10.7. The van der Waals surface area contributed by atoms with Crippen molar-refractivity contribution in [1.29, 1.82) is 0 Å². The first-order valence-corrected chi connectivity index (χ1v) is 15.0. The number of hydrogen-bond acceptors (Lipinski definition) is 5. The molecule has 0 radical (unpaired) electrons. The van der Waals surface area contributed by atoms with Gasteiger partial charge in [-0.1, -0.05) is 0 Å². The number of hydrogen-bond donors (Lipinski definition) is 0. The van der Waals surface area contributed by atoms with Gasteiger partial charge in [-0.3, -0.25) is 0 Å². The van der Waals surface area contributed by atoms with Crippen LogP contribution in [0.25, 0.3) is 11.3 Å². The summed E-state index contributed by atoms with van der Waals surface area (Å²) in [6.45, 7) is 4.31. The van der Waals surface area contributed by atoms with Gasteiger partial charge in [-0.2, -0.15) is 0 Å². The van der Waals surface area contributed by atoms with E-state index in [1.807, 2.05) is 6.07 Å². The van der Waals surface area contributed by atoms with Gasteiger partial charge >= 0.3 is 196 Å². The second kappa shape index (κ2) is 7.24. The van der Waals surface area contributed by atoms with E-state index in [0.717, 1.165) is 26.4 Å². The van der Waals surface area contributed by atoms with Crippen molar-refractivity contribution in [2.75, 3.05) is 15.1 Å². The molecule has 32 heavy (non-hydrogen) atoms. The molecule has 168 valence electrons. The summed E-state index contributed by atoms with van der Waals surface area (Å²) in [4.78, 5) is 4.58. The molecule has 0 N–H and O–H groups in total. The maximum absolute atomic E-state index is 14.4. The van der Waals surface area contributed by atoms with E-state index in [0.29, 0.717) is 5.69 Å². The fraction of sp³-hybridized carbons (Fsp3) is 0.348. The van der Waals surface area contributed by atoms with E-state index in [4.69, 9.17) is 0 Å². The normalized spacial score (nSPS) is 24.0. The van der Waals surface area contributed by atoms with Crippen molar-refractivity contribution < 1.29 is 38.4 Å². The van der Waals surface area contributed by atoms with Gasteiger partial charge < -0.3 is 0 Å². The molecule has 1 fully saturated rings. The van der Waals surface area contributed by atoms with Crippen molar-refractivity contribution >= 4 is 9.84 Å². The van der Waals surface area contributed by atoms with E-state index >= 15 is 0 Å². The molecule has 2 bridgehead atoms. The van der Waals surface area contributed by atoms with Gasteiger partial charge in [-0.25, -0.2) is 0 Å². The zero-order valence-corrected chi connectivity index (χ0v) is 20.7. The van der Waals surface area contributed by atoms with Crippen LogP contribution in [0.5, 0.6) is 0 Å². The zero-order valence-electron chi connectivity index (χ0n) is 17.7. The minimum atomic E-state index is -3.47. The van der Waals surface area contributed by atoms with Gasteiger partial charge in [-0.15, -0.1) is 0 Å². The van der Waals surface area contributed by atoms with Crippen LogP contribution in [0.15, 0.2) is 47.5 Å². The van der Waals surface area contributed by atoms with Gasteiger partial charge in [0.05, 0.1) is 0 Å². The van der Waals surface area contributed by atoms with Gasteiger partial charge in [0.25, 0.3) is 0 Å². The molecule has 2 aromatic heterocycles. The maximum atomic E-state index is 14.4. The third-order valence-electron chi connectivity index (χ3n) is 6.89. The third kappa shape index (κ3) is 2.96. The number of aromatic nitrogens is 3. The second-order valence-electron chi connectivity index (χ2n) is 8.92. The zero-order chi connectivity index (χ0) is 22.9. The van der Waals surface area contributed by atoms with Gasteiger partial charge in [0, 0.05) is 0 Å². The number of sulfone groups is 1. The predicted molar refractivity (Wildman–Crippen MR) is 112 cm³/mol. The van der Waals surface area contributed by atoms with Crippen molar-refractivity contribution in [3.63, 3.8) is 0 Å². The molecule has 2 aliphatic rings.